The van der Waals surface area contributed by atoms with Crippen molar-refractivity contribution in [3.05, 3.63) is 59.7 Å². The van der Waals surface area contributed by atoms with Gasteiger partial charge in [0.05, 0.1) is 10.6 Å². The number of aryl methyl sites for hydroxylation is 1. The number of nitrogens with zero attached hydrogens (tertiary/aromatic N) is 2. The summed E-state index contributed by atoms with van der Waals surface area (Å²) in [6, 6.07) is 13.6. The number of benzene rings is 2. The second kappa shape index (κ2) is 7.50. The SMILES string of the molecule is Cc1ccc(N(C)S(=O)(=O)c2cccc(C(=O)N3CCCCC3)c2)cc1. The van der Waals surface area contributed by atoms with Crippen LogP contribution >= 0.6 is 0 Å². The van der Waals surface area contributed by atoms with E-state index in [0.717, 1.165) is 37.9 Å². The largest absolute Gasteiger partial charge is 0.339 e. The number of carbonyl (C=O) groups is 1. The highest BCUT2D eigenvalue weighted by Gasteiger charge is 2.24. The average Bonchev–Trinajstić information content (AvgIpc) is 2.68. The van der Waals surface area contributed by atoms with Crippen LogP contribution in [0, 0.1) is 6.92 Å². The first-order valence-corrected chi connectivity index (χ1v) is 10.3. The molecule has 0 N–H and O–H groups in total. The number of amides is 1. The maximum atomic E-state index is 13.0. The number of rotatable bonds is 4. The third-order valence-electron chi connectivity index (χ3n) is 4.78. The highest BCUT2D eigenvalue weighted by atomic mass is 32.2. The molecule has 5 nitrogen and oxygen atoms in total. The van der Waals surface area contributed by atoms with E-state index in [2.05, 4.69) is 0 Å². The fourth-order valence-electron chi connectivity index (χ4n) is 3.12. The molecule has 0 bridgehead atoms. The summed E-state index contributed by atoms with van der Waals surface area (Å²) in [6.07, 6.45) is 3.14. The Morgan fingerprint density at radius 2 is 1.65 bits per heavy atom. The van der Waals surface area contributed by atoms with E-state index >= 15 is 0 Å². The summed E-state index contributed by atoms with van der Waals surface area (Å²) in [4.78, 5) is 14.6. The standard InChI is InChI=1S/C20H24N2O3S/c1-16-9-11-18(12-10-16)21(2)26(24,25)19-8-6-7-17(15-19)20(23)22-13-4-3-5-14-22/h6-12,15H,3-5,13-14H2,1-2H3. The zero-order valence-electron chi connectivity index (χ0n) is 15.2. The van der Waals surface area contributed by atoms with Crippen molar-refractivity contribution in [2.45, 2.75) is 31.1 Å². The van der Waals surface area contributed by atoms with Crippen LogP contribution in [0.15, 0.2) is 53.4 Å². The zero-order chi connectivity index (χ0) is 18.7. The minimum Gasteiger partial charge on any atom is -0.339 e. The molecular weight excluding hydrogens is 348 g/mol. The van der Waals surface area contributed by atoms with Crippen molar-refractivity contribution in [3.63, 3.8) is 0 Å². The molecular formula is C20H24N2O3S. The molecule has 6 heteroatoms. The van der Waals surface area contributed by atoms with Crippen molar-refractivity contribution in [1.29, 1.82) is 0 Å². The highest BCUT2D eigenvalue weighted by molar-refractivity contribution is 7.92. The Kier molecular flexibility index (Phi) is 5.32. The molecule has 1 fully saturated rings. The van der Waals surface area contributed by atoms with Gasteiger partial charge in [-0.1, -0.05) is 23.8 Å². The lowest BCUT2D eigenvalue weighted by molar-refractivity contribution is 0.0724. The van der Waals surface area contributed by atoms with Crippen molar-refractivity contribution in [2.24, 2.45) is 0 Å². The van der Waals surface area contributed by atoms with Crippen molar-refractivity contribution < 1.29 is 13.2 Å². The van der Waals surface area contributed by atoms with Gasteiger partial charge < -0.3 is 4.90 Å². The summed E-state index contributed by atoms with van der Waals surface area (Å²) in [6.45, 7) is 3.42. The molecule has 0 aliphatic carbocycles. The molecule has 0 radical (unpaired) electrons. The third-order valence-corrected chi connectivity index (χ3v) is 6.56. The summed E-state index contributed by atoms with van der Waals surface area (Å²) in [5.74, 6) is -0.0975. The van der Waals surface area contributed by atoms with Crippen LogP contribution in [0.5, 0.6) is 0 Å². The van der Waals surface area contributed by atoms with Crippen LogP contribution in [0.4, 0.5) is 5.69 Å². The number of hydrogen-bond acceptors (Lipinski definition) is 3. The number of anilines is 1. The summed E-state index contributed by atoms with van der Waals surface area (Å²) in [7, 11) is -2.20. The van der Waals surface area contributed by atoms with Crippen LogP contribution < -0.4 is 4.31 Å². The monoisotopic (exact) mass is 372 g/mol. The number of piperidine rings is 1. The fraction of sp³-hybridized carbons (Fsp3) is 0.350. The van der Waals surface area contributed by atoms with E-state index in [1.807, 2.05) is 19.1 Å². The first kappa shape index (κ1) is 18.5. The van der Waals surface area contributed by atoms with Gasteiger partial charge >= 0.3 is 0 Å². The van der Waals surface area contributed by atoms with E-state index in [9.17, 15) is 13.2 Å². The predicted octanol–water partition coefficient (Wildman–Crippen LogP) is 3.45. The summed E-state index contributed by atoms with van der Waals surface area (Å²) in [5.41, 5.74) is 2.07. The van der Waals surface area contributed by atoms with Gasteiger partial charge in [-0.25, -0.2) is 8.42 Å². The Balaban J connectivity index is 1.88. The molecule has 1 amide bonds. The second-order valence-corrected chi connectivity index (χ2v) is 8.66. The van der Waals surface area contributed by atoms with Gasteiger partial charge in [-0.05, 0) is 56.5 Å². The number of carbonyl (C=O) groups excluding carboxylic acids is 1. The first-order valence-electron chi connectivity index (χ1n) is 8.84. The van der Waals surface area contributed by atoms with Gasteiger partial charge in [0.2, 0.25) is 0 Å². The molecule has 1 aliphatic heterocycles. The third kappa shape index (κ3) is 3.75. The van der Waals surface area contributed by atoms with Crippen molar-refractivity contribution in [3.8, 4) is 0 Å². The second-order valence-electron chi connectivity index (χ2n) is 6.69. The van der Waals surface area contributed by atoms with E-state index in [-0.39, 0.29) is 10.8 Å². The zero-order valence-corrected chi connectivity index (χ0v) is 16.0. The van der Waals surface area contributed by atoms with Gasteiger partial charge in [0.1, 0.15) is 0 Å². The van der Waals surface area contributed by atoms with E-state index in [1.54, 1.807) is 29.2 Å². The maximum absolute atomic E-state index is 13.0. The molecule has 2 aromatic rings. The van der Waals surface area contributed by atoms with E-state index in [4.69, 9.17) is 0 Å². The van der Waals surface area contributed by atoms with Crippen LogP contribution in [-0.2, 0) is 10.0 Å². The molecule has 1 saturated heterocycles. The minimum absolute atomic E-state index is 0.0975. The lowest BCUT2D eigenvalue weighted by Crippen LogP contribution is -2.35. The van der Waals surface area contributed by atoms with Crippen molar-refractivity contribution in [2.75, 3.05) is 24.4 Å². The molecule has 0 unspecified atom stereocenters. The molecule has 26 heavy (non-hydrogen) atoms. The van der Waals surface area contributed by atoms with Crippen molar-refractivity contribution in [1.82, 2.24) is 4.90 Å². The molecule has 1 aliphatic rings. The van der Waals surface area contributed by atoms with Crippen LogP contribution in [0.25, 0.3) is 0 Å². The van der Waals surface area contributed by atoms with Gasteiger partial charge in [-0.15, -0.1) is 0 Å². The Labute approximate surface area is 155 Å². The summed E-state index contributed by atoms with van der Waals surface area (Å²) >= 11 is 0. The highest BCUT2D eigenvalue weighted by Crippen LogP contribution is 2.23. The van der Waals surface area contributed by atoms with E-state index in [0.29, 0.717) is 11.3 Å². The van der Waals surface area contributed by atoms with Crippen LogP contribution in [0.2, 0.25) is 0 Å². The smallest absolute Gasteiger partial charge is 0.264 e. The predicted molar refractivity (Wildman–Crippen MR) is 103 cm³/mol. The Bertz CT molecular complexity index is 886. The number of hydrogen-bond donors (Lipinski definition) is 0. The van der Waals surface area contributed by atoms with Crippen LogP contribution in [0.1, 0.15) is 35.2 Å². The molecule has 138 valence electrons. The first-order chi connectivity index (χ1) is 12.4. The Morgan fingerprint density at radius 1 is 1.00 bits per heavy atom. The van der Waals surface area contributed by atoms with E-state index in [1.165, 1.54) is 23.5 Å². The molecule has 0 saturated carbocycles. The van der Waals surface area contributed by atoms with Gasteiger partial charge in [0.25, 0.3) is 15.9 Å². The molecule has 3 rings (SSSR count). The Morgan fingerprint density at radius 3 is 2.31 bits per heavy atom. The van der Waals surface area contributed by atoms with Gasteiger partial charge in [-0.3, -0.25) is 9.10 Å². The normalized spacial score (nSPS) is 14.9. The topological polar surface area (TPSA) is 57.7 Å². The lowest BCUT2D eigenvalue weighted by Gasteiger charge is -2.27. The average molecular weight is 372 g/mol. The van der Waals surface area contributed by atoms with Gasteiger partial charge in [-0.2, -0.15) is 0 Å². The summed E-state index contributed by atoms with van der Waals surface area (Å²) in [5, 5.41) is 0. The molecule has 1 heterocycles. The van der Waals surface area contributed by atoms with Crippen LogP contribution in [0.3, 0.4) is 0 Å². The van der Waals surface area contributed by atoms with Crippen molar-refractivity contribution >= 4 is 21.6 Å². The number of likely N-dealkylation sites (tertiary alicyclic amines) is 1. The molecule has 2 aromatic carbocycles. The van der Waals surface area contributed by atoms with Crippen LogP contribution in [-0.4, -0.2) is 39.4 Å². The van der Waals surface area contributed by atoms with E-state index < -0.39 is 10.0 Å². The molecule has 0 atom stereocenters. The quantitative estimate of drug-likeness (QED) is 0.826. The maximum Gasteiger partial charge on any atom is 0.264 e. The molecule has 0 spiro atoms. The fourth-order valence-corrected chi connectivity index (χ4v) is 4.36. The minimum atomic E-state index is -3.73. The lowest BCUT2D eigenvalue weighted by atomic mass is 10.1. The Hall–Kier alpha value is -2.34. The van der Waals surface area contributed by atoms with Gasteiger partial charge in [0.15, 0.2) is 0 Å². The number of sulfonamides is 1. The summed E-state index contributed by atoms with van der Waals surface area (Å²) < 4.78 is 27.2. The van der Waals surface area contributed by atoms with Gasteiger partial charge in [0, 0.05) is 25.7 Å². The molecule has 0 aromatic heterocycles.